The molecule has 0 saturated heterocycles. The van der Waals surface area contributed by atoms with Crippen LogP contribution in [0, 0.1) is 0 Å². The Hall–Kier alpha value is -1.76. The average Bonchev–Trinajstić information content (AvgIpc) is 2.60. The lowest BCUT2D eigenvalue weighted by Gasteiger charge is -2.21. The normalized spacial score (nSPS) is 11.2. The predicted molar refractivity (Wildman–Crippen MR) is 108 cm³/mol. The van der Waals surface area contributed by atoms with Crippen LogP contribution in [-0.2, 0) is 0 Å². The van der Waals surface area contributed by atoms with Crippen molar-refractivity contribution >= 4 is 35.6 Å². The molecule has 0 aliphatic rings. The third-order valence-corrected chi connectivity index (χ3v) is 7.14. The van der Waals surface area contributed by atoms with Gasteiger partial charge in [-0.3, -0.25) is 0 Å². The van der Waals surface area contributed by atoms with E-state index in [0.29, 0.717) is 11.0 Å². The van der Waals surface area contributed by atoms with E-state index in [9.17, 15) is 5.11 Å². The standard InChI is InChI=1S/C21H21OPS/c1-16(2)24-20-15-9-14-19(21(20)22)23(17-10-5-3-6-11-17)18-12-7-4-8-13-18/h3-16,22H,1-2H3. The quantitative estimate of drug-likeness (QED) is 0.533. The van der Waals surface area contributed by atoms with E-state index < -0.39 is 7.92 Å². The molecule has 122 valence electrons. The minimum atomic E-state index is -0.771. The molecule has 0 unspecified atom stereocenters. The van der Waals surface area contributed by atoms with Gasteiger partial charge in [0.2, 0.25) is 0 Å². The Bertz CT molecular complexity index is 748. The van der Waals surface area contributed by atoms with Gasteiger partial charge in [0.05, 0.1) is 4.90 Å². The van der Waals surface area contributed by atoms with Crippen LogP contribution in [0.5, 0.6) is 5.75 Å². The van der Waals surface area contributed by atoms with Crippen LogP contribution in [0.2, 0.25) is 0 Å². The van der Waals surface area contributed by atoms with Gasteiger partial charge in [0.25, 0.3) is 0 Å². The molecule has 0 bridgehead atoms. The maximum atomic E-state index is 10.9. The summed E-state index contributed by atoms with van der Waals surface area (Å²) in [5, 5.41) is 14.9. The number of benzene rings is 3. The zero-order valence-electron chi connectivity index (χ0n) is 13.9. The first-order chi connectivity index (χ1) is 11.7. The topological polar surface area (TPSA) is 20.2 Å². The van der Waals surface area contributed by atoms with Crippen LogP contribution >= 0.6 is 19.7 Å². The zero-order valence-corrected chi connectivity index (χ0v) is 15.6. The van der Waals surface area contributed by atoms with Gasteiger partial charge in [0.15, 0.2) is 0 Å². The van der Waals surface area contributed by atoms with Gasteiger partial charge in [-0.05, 0) is 24.6 Å². The summed E-state index contributed by atoms with van der Waals surface area (Å²) in [6.45, 7) is 4.29. The molecular formula is C21H21OPS. The minimum absolute atomic E-state index is 0.426. The number of phenolic OH excluding ortho intramolecular Hbond substituents is 1. The Balaban J connectivity index is 2.14. The highest BCUT2D eigenvalue weighted by Crippen LogP contribution is 2.40. The highest BCUT2D eigenvalue weighted by molar-refractivity contribution is 8.00. The second kappa shape index (κ2) is 7.88. The van der Waals surface area contributed by atoms with Crippen molar-refractivity contribution in [1.82, 2.24) is 0 Å². The Morgan fingerprint density at radius 2 is 1.29 bits per heavy atom. The van der Waals surface area contributed by atoms with Crippen molar-refractivity contribution < 1.29 is 5.11 Å². The molecule has 0 radical (unpaired) electrons. The molecule has 0 aliphatic carbocycles. The minimum Gasteiger partial charge on any atom is -0.506 e. The van der Waals surface area contributed by atoms with Crippen molar-refractivity contribution in [3.8, 4) is 5.75 Å². The average molecular weight is 352 g/mol. The largest absolute Gasteiger partial charge is 0.506 e. The number of hydrogen-bond donors (Lipinski definition) is 1. The fourth-order valence-electron chi connectivity index (χ4n) is 2.62. The second-order valence-electron chi connectivity index (χ2n) is 5.80. The van der Waals surface area contributed by atoms with E-state index in [2.05, 4.69) is 74.5 Å². The third-order valence-electron chi connectivity index (χ3n) is 3.61. The zero-order chi connectivity index (χ0) is 16.9. The fraction of sp³-hybridized carbons (Fsp3) is 0.143. The molecule has 24 heavy (non-hydrogen) atoms. The van der Waals surface area contributed by atoms with Gasteiger partial charge in [-0.1, -0.05) is 86.6 Å². The molecule has 0 amide bonds. The van der Waals surface area contributed by atoms with Gasteiger partial charge < -0.3 is 5.11 Å². The van der Waals surface area contributed by atoms with Gasteiger partial charge in [-0.25, -0.2) is 0 Å². The number of para-hydroxylation sites is 1. The molecule has 0 atom stereocenters. The smallest absolute Gasteiger partial charge is 0.137 e. The van der Waals surface area contributed by atoms with Crippen LogP contribution in [0.3, 0.4) is 0 Å². The molecule has 3 heteroatoms. The number of hydrogen-bond acceptors (Lipinski definition) is 2. The molecule has 0 fully saturated rings. The third kappa shape index (κ3) is 3.83. The summed E-state index contributed by atoms with van der Waals surface area (Å²) in [7, 11) is -0.771. The lowest BCUT2D eigenvalue weighted by Crippen LogP contribution is -2.21. The van der Waals surface area contributed by atoms with Crippen LogP contribution in [0.1, 0.15) is 13.8 Å². The lowest BCUT2D eigenvalue weighted by atomic mass is 10.3. The van der Waals surface area contributed by atoms with Crippen molar-refractivity contribution in [2.45, 2.75) is 24.0 Å². The molecule has 0 aliphatic heterocycles. The first-order valence-corrected chi connectivity index (χ1v) is 10.3. The Labute approximate surface area is 149 Å². The van der Waals surface area contributed by atoms with Crippen LogP contribution < -0.4 is 15.9 Å². The number of rotatable bonds is 5. The van der Waals surface area contributed by atoms with Gasteiger partial charge in [-0.2, -0.15) is 0 Å². The Kier molecular flexibility index (Phi) is 5.60. The van der Waals surface area contributed by atoms with Gasteiger partial charge in [0, 0.05) is 10.6 Å². The van der Waals surface area contributed by atoms with E-state index >= 15 is 0 Å². The summed E-state index contributed by atoms with van der Waals surface area (Å²) < 4.78 is 0. The lowest BCUT2D eigenvalue weighted by molar-refractivity contribution is 0.467. The van der Waals surface area contributed by atoms with Crippen molar-refractivity contribution in [2.75, 3.05) is 0 Å². The molecule has 1 nitrogen and oxygen atoms in total. The number of thioether (sulfide) groups is 1. The van der Waals surface area contributed by atoms with Crippen LogP contribution in [0.15, 0.2) is 83.8 Å². The van der Waals surface area contributed by atoms with Crippen molar-refractivity contribution in [1.29, 1.82) is 0 Å². The summed E-state index contributed by atoms with van der Waals surface area (Å²) in [5.74, 6) is 0.426. The molecular weight excluding hydrogens is 331 g/mol. The molecule has 3 aromatic carbocycles. The first kappa shape index (κ1) is 17.1. The fourth-order valence-corrected chi connectivity index (χ4v) is 5.95. The summed E-state index contributed by atoms with van der Waals surface area (Å²) in [6, 6.07) is 27.1. The predicted octanol–water partition coefficient (Wildman–Crippen LogP) is 4.65. The summed E-state index contributed by atoms with van der Waals surface area (Å²) >= 11 is 1.71. The molecule has 0 saturated carbocycles. The van der Waals surface area contributed by atoms with Crippen molar-refractivity contribution in [3.05, 3.63) is 78.9 Å². The van der Waals surface area contributed by atoms with Gasteiger partial charge >= 0.3 is 0 Å². The molecule has 0 aromatic heterocycles. The SMILES string of the molecule is CC(C)Sc1cccc(P(c2ccccc2)c2ccccc2)c1O. The summed E-state index contributed by atoms with van der Waals surface area (Å²) in [4.78, 5) is 0.960. The Morgan fingerprint density at radius 3 is 1.79 bits per heavy atom. The first-order valence-electron chi connectivity index (χ1n) is 8.05. The van der Waals surface area contributed by atoms with Gasteiger partial charge in [0.1, 0.15) is 5.75 Å². The van der Waals surface area contributed by atoms with Crippen LogP contribution in [0.4, 0.5) is 0 Å². The molecule has 3 rings (SSSR count). The molecule has 3 aromatic rings. The molecule has 0 spiro atoms. The maximum Gasteiger partial charge on any atom is 0.137 e. The van der Waals surface area contributed by atoms with Crippen molar-refractivity contribution in [3.63, 3.8) is 0 Å². The van der Waals surface area contributed by atoms with E-state index in [4.69, 9.17) is 0 Å². The second-order valence-corrected chi connectivity index (χ2v) is 9.60. The summed E-state index contributed by atoms with van der Waals surface area (Å²) in [6.07, 6.45) is 0. The number of aromatic hydroxyl groups is 1. The number of phenols is 1. The Morgan fingerprint density at radius 1 is 0.750 bits per heavy atom. The highest BCUT2D eigenvalue weighted by Gasteiger charge is 2.21. The van der Waals surface area contributed by atoms with Gasteiger partial charge in [-0.15, -0.1) is 11.8 Å². The maximum absolute atomic E-state index is 10.9. The van der Waals surface area contributed by atoms with E-state index in [1.807, 2.05) is 18.2 Å². The van der Waals surface area contributed by atoms with E-state index in [1.165, 1.54) is 10.6 Å². The highest BCUT2D eigenvalue weighted by atomic mass is 32.2. The van der Waals surface area contributed by atoms with Crippen LogP contribution in [-0.4, -0.2) is 10.4 Å². The van der Waals surface area contributed by atoms with E-state index in [-0.39, 0.29) is 0 Å². The van der Waals surface area contributed by atoms with E-state index in [1.54, 1.807) is 11.8 Å². The summed E-state index contributed by atoms with van der Waals surface area (Å²) in [5.41, 5.74) is 0. The van der Waals surface area contributed by atoms with Crippen molar-refractivity contribution in [2.24, 2.45) is 0 Å². The molecule has 1 N–H and O–H groups in total. The monoisotopic (exact) mass is 352 g/mol. The van der Waals surface area contributed by atoms with Crippen LogP contribution in [0.25, 0.3) is 0 Å². The molecule has 0 heterocycles. The van der Waals surface area contributed by atoms with E-state index in [0.717, 1.165) is 10.2 Å².